The molecule has 0 unspecified atom stereocenters. The van der Waals surface area contributed by atoms with Crippen molar-refractivity contribution in [1.29, 1.82) is 0 Å². The lowest BCUT2D eigenvalue weighted by atomic mass is 9.71. The average molecular weight is 378 g/mol. The third kappa shape index (κ3) is 3.58. The van der Waals surface area contributed by atoms with Crippen LogP contribution < -0.4 is 5.32 Å². The highest BCUT2D eigenvalue weighted by Crippen LogP contribution is 2.41. The van der Waals surface area contributed by atoms with Gasteiger partial charge in [0.15, 0.2) is 9.84 Å². The van der Waals surface area contributed by atoms with Crippen LogP contribution in [0.4, 0.5) is 0 Å². The molecular weight excluding hydrogens is 358 g/mol. The van der Waals surface area contributed by atoms with Crippen molar-refractivity contribution in [2.24, 2.45) is 0 Å². The minimum atomic E-state index is -3.36. The molecule has 25 heavy (non-hydrogen) atoms. The topological polar surface area (TPSA) is 63.2 Å². The summed E-state index contributed by atoms with van der Waals surface area (Å²) in [7, 11) is -3.36. The van der Waals surface area contributed by atoms with Gasteiger partial charge in [-0.1, -0.05) is 29.8 Å². The molecule has 0 bridgehead atoms. The molecule has 1 aliphatic carbocycles. The molecule has 0 radical (unpaired) electrons. The minimum absolute atomic E-state index is 0.150. The van der Waals surface area contributed by atoms with E-state index in [1.54, 1.807) is 13.0 Å². The standard InChI is InChI=1S/C19H20ClNO3S/c1-13-4-9-16(25(2,23)24)12-17(13)18(22)21-19(10-3-11-19)14-5-7-15(20)8-6-14/h4-9,12H,3,10-11H2,1-2H3,(H,21,22). The van der Waals surface area contributed by atoms with Crippen LogP contribution in [0.2, 0.25) is 5.02 Å². The number of sulfone groups is 1. The van der Waals surface area contributed by atoms with Gasteiger partial charge in [-0.2, -0.15) is 0 Å². The van der Waals surface area contributed by atoms with E-state index in [0.717, 1.165) is 36.6 Å². The summed E-state index contributed by atoms with van der Waals surface area (Å²) >= 11 is 5.96. The van der Waals surface area contributed by atoms with Gasteiger partial charge in [0.25, 0.3) is 5.91 Å². The Hall–Kier alpha value is -1.85. The van der Waals surface area contributed by atoms with Crippen LogP contribution in [0, 0.1) is 6.92 Å². The Bertz CT molecular complexity index is 916. The summed E-state index contributed by atoms with van der Waals surface area (Å²) in [4.78, 5) is 13.0. The van der Waals surface area contributed by atoms with E-state index < -0.39 is 15.4 Å². The molecule has 0 atom stereocenters. The van der Waals surface area contributed by atoms with E-state index in [0.29, 0.717) is 10.6 Å². The number of benzene rings is 2. The van der Waals surface area contributed by atoms with Crippen LogP contribution >= 0.6 is 11.6 Å². The first-order valence-electron chi connectivity index (χ1n) is 8.11. The molecule has 1 amide bonds. The molecule has 2 aromatic rings. The molecule has 0 aliphatic heterocycles. The average Bonchev–Trinajstić information content (AvgIpc) is 2.51. The SMILES string of the molecule is Cc1ccc(S(C)(=O)=O)cc1C(=O)NC1(c2ccc(Cl)cc2)CCC1. The van der Waals surface area contributed by atoms with Crippen LogP contribution in [0.15, 0.2) is 47.4 Å². The van der Waals surface area contributed by atoms with E-state index in [2.05, 4.69) is 5.32 Å². The highest BCUT2D eigenvalue weighted by Gasteiger charge is 2.40. The van der Waals surface area contributed by atoms with Crippen molar-refractivity contribution >= 4 is 27.3 Å². The zero-order chi connectivity index (χ0) is 18.2. The van der Waals surface area contributed by atoms with Crippen LogP contribution in [0.3, 0.4) is 0 Å². The van der Waals surface area contributed by atoms with E-state index in [-0.39, 0.29) is 10.8 Å². The zero-order valence-corrected chi connectivity index (χ0v) is 15.7. The highest BCUT2D eigenvalue weighted by molar-refractivity contribution is 7.90. The lowest BCUT2D eigenvalue weighted by Gasteiger charge is -2.43. The van der Waals surface area contributed by atoms with Gasteiger partial charge >= 0.3 is 0 Å². The Morgan fingerprint density at radius 1 is 1.12 bits per heavy atom. The van der Waals surface area contributed by atoms with Gasteiger partial charge in [-0.3, -0.25) is 4.79 Å². The maximum Gasteiger partial charge on any atom is 0.252 e. The molecule has 0 aromatic heterocycles. The number of aryl methyl sites for hydroxylation is 1. The van der Waals surface area contributed by atoms with Gasteiger partial charge in [-0.05, 0) is 61.6 Å². The van der Waals surface area contributed by atoms with E-state index in [1.807, 2.05) is 24.3 Å². The van der Waals surface area contributed by atoms with Crippen molar-refractivity contribution in [2.75, 3.05) is 6.26 Å². The van der Waals surface area contributed by atoms with Gasteiger partial charge in [0.05, 0.1) is 10.4 Å². The van der Waals surface area contributed by atoms with Crippen LogP contribution in [-0.2, 0) is 15.4 Å². The Labute approximate surface area is 153 Å². The third-order valence-corrected chi connectivity index (χ3v) is 6.20. The van der Waals surface area contributed by atoms with Crippen molar-refractivity contribution in [3.05, 3.63) is 64.2 Å². The van der Waals surface area contributed by atoms with Gasteiger partial charge < -0.3 is 5.32 Å². The largest absolute Gasteiger partial charge is 0.343 e. The van der Waals surface area contributed by atoms with Crippen molar-refractivity contribution in [2.45, 2.75) is 36.6 Å². The minimum Gasteiger partial charge on any atom is -0.343 e. The molecule has 1 saturated carbocycles. The number of carbonyl (C=O) groups excluding carboxylic acids is 1. The molecule has 0 spiro atoms. The molecule has 0 heterocycles. The number of nitrogens with one attached hydrogen (secondary N) is 1. The second kappa shape index (κ2) is 6.46. The normalized spacial score (nSPS) is 16.1. The summed E-state index contributed by atoms with van der Waals surface area (Å²) in [5.41, 5.74) is 1.75. The lowest BCUT2D eigenvalue weighted by molar-refractivity contribution is 0.0822. The van der Waals surface area contributed by atoms with Crippen molar-refractivity contribution in [3.8, 4) is 0 Å². The number of amides is 1. The second-order valence-corrected chi connectivity index (χ2v) is 9.10. The molecule has 132 valence electrons. The Kier molecular flexibility index (Phi) is 4.64. The van der Waals surface area contributed by atoms with Crippen LogP contribution in [-0.4, -0.2) is 20.6 Å². The Morgan fingerprint density at radius 3 is 2.28 bits per heavy atom. The first-order valence-corrected chi connectivity index (χ1v) is 10.4. The molecule has 0 saturated heterocycles. The Balaban J connectivity index is 1.92. The van der Waals surface area contributed by atoms with Crippen molar-refractivity contribution in [3.63, 3.8) is 0 Å². The fourth-order valence-electron chi connectivity index (χ4n) is 3.15. The molecular formula is C19H20ClNO3S. The fourth-order valence-corrected chi connectivity index (χ4v) is 3.92. The van der Waals surface area contributed by atoms with E-state index in [4.69, 9.17) is 11.6 Å². The fraction of sp³-hybridized carbons (Fsp3) is 0.316. The summed E-state index contributed by atoms with van der Waals surface area (Å²) in [6.07, 6.45) is 3.88. The molecule has 2 aromatic carbocycles. The van der Waals surface area contributed by atoms with Crippen LogP contribution in [0.5, 0.6) is 0 Å². The number of hydrogen-bond acceptors (Lipinski definition) is 3. The second-order valence-electron chi connectivity index (χ2n) is 6.65. The van der Waals surface area contributed by atoms with Gasteiger partial charge in [0, 0.05) is 16.8 Å². The number of hydrogen-bond donors (Lipinski definition) is 1. The van der Waals surface area contributed by atoms with Gasteiger partial charge in [-0.15, -0.1) is 0 Å². The van der Waals surface area contributed by atoms with E-state index in [1.165, 1.54) is 12.1 Å². The van der Waals surface area contributed by atoms with E-state index in [9.17, 15) is 13.2 Å². The summed E-state index contributed by atoms with van der Waals surface area (Å²) < 4.78 is 23.6. The summed E-state index contributed by atoms with van der Waals surface area (Å²) in [5.74, 6) is -0.252. The number of halogens is 1. The summed E-state index contributed by atoms with van der Waals surface area (Å²) in [6, 6.07) is 12.1. The van der Waals surface area contributed by atoms with Gasteiger partial charge in [-0.25, -0.2) is 8.42 Å². The maximum absolute atomic E-state index is 12.9. The molecule has 4 nitrogen and oxygen atoms in total. The molecule has 1 aliphatic rings. The number of carbonyl (C=O) groups is 1. The van der Waals surface area contributed by atoms with Crippen molar-refractivity contribution in [1.82, 2.24) is 5.32 Å². The first kappa shape index (κ1) is 18.0. The monoisotopic (exact) mass is 377 g/mol. The highest BCUT2D eigenvalue weighted by atomic mass is 35.5. The molecule has 1 fully saturated rings. The smallest absolute Gasteiger partial charge is 0.252 e. The molecule has 3 rings (SSSR count). The number of rotatable bonds is 4. The van der Waals surface area contributed by atoms with Crippen LogP contribution in [0.25, 0.3) is 0 Å². The predicted molar refractivity (Wildman–Crippen MR) is 98.7 cm³/mol. The third-order valence-electron chi connectivity index (χ3n) is 4.84. The zero-order valence-electron chi connectivity index (χ0n) is 14.2. The lowest BCUT2D eigenvalue weighted by Crippen LogP contribution is -2.50. The predicted octanol–water partition coefficient (Wildman–Crippen LogP) is 3.86. The maximum atomic E-state index is 12.9. The van der Waals surface area contributed by atoms with Crippen LogP contribution in [0.1, 0.15) is 40.7 Å². The molecule has 6 heteroatoms. The first-order chi connectivity index (χ1) is 11.7. The van der Waals surface area contributed by atoms with Gasteiger partial charge in [0.2, 0.25) is 0 Å². The quantitative estimate of drug-likeness (QED) is 0.879. The van der Waals surface area contributed by atoms with Crippen molar-refractivity contribution < 1.29 is 13.2 Å². The van der Waals surface area contributed by atoms with E-state index >= 15 is 0 Å². The molecule has 1 N–H and O–H groups in total. The summed E-state index contributed by atoms with van der Waals surface area (Å²) in [6.45, 7) is 1.80. The summed E-state index contributed by atoms with van der Waals surface area (Å²) in [5, 5.41) is 3.78. The van der Waals surface area contributed by atoms with Gasteiger partial charge in [0.1, 0.15) is 0 Å². The Morgan fingerprint density at radius 2 is 1.76 bits per heavy atom.